The lowest BCUT2D eigenvalue weighted by Gasteiger charge is -2.21. The highest BCUT2D eigenvalue weighted by molar-refractivity contribution is 7.89. The van der Waals surface area contributed by atoms with E-state index < -0.39 is 21.7 Å². The summed E-state index contributed by atoms with van der Waals surface area (Å²) < 4.78 is 39.6. The molecule has 3 N–H and O–H groups in total. The van der Waals surface area contributed by atoms with Crippen LogP contribution < -0.4 is 11.1 Å². The van der Waals surface area contributed by atoms with Gasteiger partial charge >= 0.3 is 0 Å². The maximum atomic E-state index is 13.4. The molecule has 0 saturated carbocycles. The molecular formula is C13H20FN3O3S. The second kappa shape index (κ2) is 7.48. The summed E-state index contributed by atoms with van der Waals surface area (Å²) in [5.41, 5.74) is 5.51. The highest BCUT2D eigenvalue weighted by Crippen LogP contribution is 2.19. The standard InChI is InChI=1S/C13H20FN3O3S/c1-3-6-17(9-13(18)16-2)21(19,20)11-4-5-12(14)10(7-11)8-15/h4-5,7H,3,6,8-9,15H2,1-2H3,(H,16,18). The summed E-state index contributed by atoms with van der Waals surface area (Å²) >= 11 is 0. The highest BCUT2D eigenvalue weighted by atomic mass is 32.2. The zero-order chi connectivity index (χ0) is 16.0. The third kappa shape index (κ3) is 4.23. The van der Waals surface area contributed by atoms with Gasteiger partial charge in [0.2, 0.25) is 15.9 Å². The number of sulfonamides is 1. The van der Waals surface area contributed by atoms with Crippen LogP contribution in [0.1, 0.15) is 18.9 Å². The van der Waals surface area contributed by atoms with Crippen LogP contribution in [0.2, 0.25) is 0 Å². The summed E-state index contributed by atoms with van der Waals surface area (Å²) in [6.45, 7) is 1.63. The number of likely N-dealkylation sites (N-methyl/N-ethyl adjacent to an activating group) is 1. The van der Waals surface area contributed by atoms with Gasteiger partial charge in [0.15, 0.2) is 0 Å². The fourth-order valence-electron chi connectivity index (χ4n) is 1.79. The first-order valence-electron chi connectivity index (χ1n) is 6.56. The second-order valence-electron chi connectivity index (χ2n) is 4.47. The zero-order valence-corrected chi connectivity index (χ0v) is 12.9. The number of hydrogen-bond donors (Lipinski definition) is 2. The van der Waals surface area contributed by atoms with E-state index in [1.165, 1.54) is 19.2 Å². The van der Waals surface area contributed by atoms with Crippen LogP contribution in [0.5, 0.6) is 0 Å². The predicted molar refractivity (Wildman–Crippen MR) is 77.4 cm³/mol. The Balaban J connectivity index is 3.18. The number of amides is 1. The first-order valence-corrected chi connectivity index (χ1v) is 8.00. The van der Waals surface area contributed by atoms with Crippen molar-refractivity contribution < 1.29 is 17.6 Å². The quantitative estimate of drug-likeness (QED) is 0.763. The fraction of sp³-hybridized carbons (Fsp3) is 0.462. The molecule has 1 aromatic rings. The summed E-state index contributed by atoms with van der Waals surface area (Å²) in [7, 11) is -2.43. The topological polar surface area (TPSA) is 92.5 Å². The van der Waals surface area contributed by atoms with E-state index in [-0.39, 0.29) is 30.1 Å². The van der Waals surface area contributed by atoms with Gasteiger partial charge in [0.25, 0.3) is 0 Å². The molecule has 0 unspecified atom stereocenters. The van der Waals surface area contributed by atoms with Crippen molar-refractivity contribution >= 4 is 15.9 Å². The van der Waals surface area contributed by atoms with Crippen LogP contribution in [0.4, 0.5) is 4.39 Å². The maximum Gasteiger partial charge on any atom is 0.243 e. The minimum absolute atomic E-state index is 0.0679. The lowest BCUT2D eigenvalue weighted by Crippen LogP contribution is -2.40. The van der Waals surface area contributed by atoms with Crippen LogP contribution in [0, 0.1) is 5.82 Å². The molecule has 1 rings (SSSR count). The van der Waals surface area contributed by atoms with E-state index in [1.807, 2.05) is 6.92 Å². The molecule has 0 bridgehead atoms. The lowest BCUT2D eigenvalue weighted by molar-refractivity contribution is -0.120. The van der Waals surface area contributed by atoms with E-state index in [1.54, 1.807) is 0 Å². The number of hydrogen-bond acceptors (Lipinski definition) is 4. The Bertz CT molecular complexity index is 605. The van der Waals surface area contributed by atoms with E-state index in [0.29, 0.717) is 6.42 Å². The number of nitrogens with two attached hydrogens (primary N) is 1. The van der Waals surface area contributed by atoms with Gasteiger partial charge in [-0.1, -0.05) is 6.92 Å². The van der Waals surface area contributed by atoms with Gasteiger partial charge in [0.1, 0.15) is 5.82 Å². The number of carbonyl (C=O) groups is 1. The van der Waals surface area contributed by atoms with Crippen molar-refractivity contribution in [3.05, 3.63) is 29.6 Å². The molecule has 0 aliphatic heterocycles. The summed E-state index contributed by atoms with van der Waals surface area (Å²) in [5, 5.41) is 2.38. The third-order valence-electron chi connectivity index (χ3n) is 2.95. The number of halogens is 1. The zero-order valence-electron chi connectivity index (χ0n) is 12.1. The molecule has 0 atom stereocenters. The minimum atomic E-state index is -3.87. The Morgan fingerprint density at radius 2 is 2.10 bits per heavy atom. The smallest absolute Gasteiger partial charge is 0.243 e. The predicted octanol–water partition coefficient (Wildman–Crippen LogP) is 0.431. The van der Waals surface area contributed by atoms with Crippen molar-refractivity contribution in [3.63, 3.8) is 0 Å². The summed E-state index contributed by atoms with van der Waals surface area (Å²) in [6.07, 6.45) is 0.557. The molecule has 21 heavy (non-hydrogen) atoms. The molecule has 0 aliphatic carbocycles. The van der Waals surface area contributed by atoms with E-state index >= 15 is 0 Å². The first kappa shape index (κ1) is 17.5. The lowest BCUT2D eigenvalue weighted by atomic mass is 10.2. The fourth-order valence-corrected chi connectivity index (χ4v) is 3.33. The van der Waals surface area contributed by atoms with Crippen molar-refractivity contribution in [1.82, 2.24) is 9.62 Å². The Labute approximate surface area is 124 Å². The first-order chi connectivity index (χ1) is 9.86. The Morgan fingerprint density at radius 3 is 2.62 bits per heavy atom. The van der Waals surface area contributed by atoms with Crippen LogP contribution >= 0.6 is 0 Å². The highest BCUT2D eigenvalue weighted by Gasteiger charge is 2.26. The van der Waals surface area contributed by atoms with Gasteiger partial charge < -0.3 is 11.1 Å². The largest absolute Gasteiger partial charge is 0.358 e. The molecule has 6 nitrogen and oxygen atoms in total. The molecule has 0 fully saturated rings. The summed E-state index contributed by atoms with van der Waals surface area (Å²) in [5.74, 6) is -0.960. The molecule has 0 aromatic heterocycles. The Kier molecular flexibility index (Phi) is 6.25. The molecule has 0 spiro atoms. The van der Waals surface area contributed by atoms with Gasteiger partial charge in [-0.3, -0.25) is 4.79 Å². The molecule has 1 amide bonds. The second-order valence-corrected chi connectivity index (χ2v) is 6.41. The van der Waals surface area contributed by atoms with Gasteiger partial charge in [-0.25, -0.2) is 12.8 Å². The minimum Gasteiger partial charge on any atom is -0.358 e. The van der Waals surface area contributed by atoms with Crippen molar-refractivity contribution in [2.24, 2.45) is 5.73 Å². The third-order valence-corrected chi connectivity index (χ3v) is 4.79. The van der Waals surface area contributed by atoms with Gasteiger partial charge in [-0.2, -0.15) is 4.31 Å². The van der Waals surface area contributed by atoms with Crippen LogP contribution in [-0.4, -0.2) is 38.8 Å². The monoisotopic (exact) mass is 317 g/mol. The number of carbonyl (C=O) groups excluding carboxylic acids is 1. The van der Waals surface area contributed by atoms with Crippen molar-refractivity contribution in [1.29, 1.82) is 0 Å². The molecule has 0 radical (unpaired) electrons. The Hall–Kier alpha value is -1.51. The van der Waals surface area contributed by atoms with Crippen LogP contribution in [0.3, 0.4) is 0 Å². The SMILES string of the molecule is CCCN(CC(=O)NC)S(=O)(=O)c1ccc(F)c(CN)c1. The van der Waals surface area contributed by atoms with E-state index in [2.05, 4.69) is 5.32 Å². The number of rotatable bonds is 7. The average molecular weight is 317 g/mol. The van der Waals surface area contributed by atoms with Crippen molar-refractivity contribution in [2.75, 3.05) is 20.1 Å². The normalized spacial score (nSPS) is 11.7. The van der Waals surface area contributed by atoms with Crippen molar-refractivity contribution in [3.8, 4) is 0 Å². The Morgan fingerprint density at radius 1 is 1.43 bits per heavy atom. The van der Waals surface area contributed by atoms with Gasteiger partial charge in [0.05, 0.1) is 11.4 Å². The van der Waals surface area contributed by atoms with Gasteiger partial charge in [-0.15, -0.1) is 0 Å². The van der Waals surface area contributed by atoms with E-state index in [0.717, 1.165) is 10.4 Å². The molecule has 1 aromatic carbocycles. The number of nitrogens with zero attached hydrogens (tertiary/aromatic N) is 1. The molecule has 0 saturated heterocycles. The van der Waals surface area contributed by atoms with Crippen molar-refractivity contribution in [2.45, 2.75) is 24.8 Å². The van der Waals surface area contributed by atoms with Gasteiger partial charge in [0, 0.05) is 25.7 Å². The van der Waals surface area contributed by atoms with Crippen LogP contribution in [-0.2, 0) is 21.4 Å². The summed E-state index contributed by atoms with van der Waals surface area (Å²) in [4.78, 5) is 11.4. The molecule has 118 valence electrons. The maximum absolute atomic E-state index is 13.4. The van der Waals surface area contributed by atoms with E-state index in [9.17, 15) is 17.6 Å². The van der Waals surface area contributed by atoms with Crippen LogP contribution in [0.25, 0.3) is 0 Å². The summed E-state index contributed by atoms with van der Waals surface area (Å²) in [6, 6.07) is 3.45. The average Bonchev–Trinajstić information content (AvgIpc) is 2.46. The van der Waals surface area contributed by atoms with E-state index in [4.69, 9.17) is 5.73 Å². The van der Waals surface area contributed by atoms with Crippen LogP contribution in [0.15, 0.2) is 23.1 Å². The molecule has 0 heterocycles. The number of benzene rings is 1. The molecular weight excluding hydrogens is 297 g/mol. The van der Waals surface area contributed by atoms with Gasteiger partial charge in [-0.05, 0) is 24.6 Å². The molecule has 0 aliphatic rings. The number of nitrogens with one attached hydrogen (secondary N) is 1. The molecule has 8 heteroatoms.